The molecule has 10 aromatic carbocycles. The summed E-state index contributed by atoms with van der Waals surface area (Å²) in [7, 11) is 0. The number of furan rings is 2. The van der Waals surface area contributed by atoms with Crippen molar-refractivity contribution in [3.63, 3.8) is 0 Å². The highest BCUT2D eigenvalue weighted by atomic mass is 16.3. The summed E-state index contributed by atoms with van der Waals surface area (Å²) in [4.78, 5) is 0. The van der Waals surface area contributed by atoms with Gasteiger partial charge in [-0.2, -0.15) is 0 Å². The number of benzene rings is 10. The molecular formula is C56H28N2O2. The summed E-state index contributed by atoms with van der Waals surface area (Å²) in [6, 6.07) is 62.3. The third-order valence-corrected chi connectivity index (χ3v) is 13.9. The van der Waals surface area contributed by atoms with Crippen molar-refractivity contribution in [3.05, 3.63) is 170 Å². The number of hydrogen-bond donors (Lipinski definition) is 0. The van der Waals surface area contributed by atoms with Crippen LogP contribution in [0.15, 0.2) is 179 Å². The monoisotopic (exact) mass is 760 g/mol. The van der Waals surface area contributed by atoms with E-state index >= 15 is 0 Å². The molecule has 0 aliphatic rings. The zero-order valence-corrected chi connectivity index (χ0v) is 31.9. The van der Waals surface area contributed by atoms with Gasteiger partial charge in [-0.05, 0) is 75.1 Å². The molecule has 0 aliphatic heterocycles. The van der Waals surface area contributed by atoms with Gasteiger partial charge in [-0.15, -0.1) is 0 Å². The van der Waals surface area contributed by atoms with Crippen molar-refractivity contribution in [1.82, 2.24) is 8.80 Å². The summed E-state index contributed by atoms with van der Waals surface area (Å²) in [6.45, 7) is 0. The third-order valence-electron chi connectivity index (χ3n) is 13.9. The fourth-order valence-electron chi connectivity index (χ4n) is 11.6. The van der Waals surface area contributed by atoms with E-state index in [1.165, 1.54) is 92.3 Å². The Bertz CT molecular complexity index is 4590. The van der Waals surface area contributed by atoms with E-state index in [1.807, 2.05) is 6.07 Å². The van der Waals surface area contributed by atoms with Gasteiger partial charge in [0.15, 0.2) is 11.2 Å². The van der Waals surface area contributed by atoms with Crippen molar-refractivity contribution >= 4 is 142 Å². The molecule has 0 unspecified atom stereocenters. The van der Waals surface area contributed by atoms with E-state index in [2.05, 4.69) is 173 Å². The Morgan fingerprint density at radius 2 is 0.833 bits per heavy atom. The molecule has 0 radical (unpaired) electrons. The highest BCUT2D eigenvalue weighted by Crippen LogP contribution is 2.48. The average Bonchev–Trinajstić information content (AvgIpc) is 4.14. The Kier molecular flexibility index (Phi) is 5.08. The van der Waals surface area contributed by atoms with Gasteiger partial charge in [-0.1, -0.05) is 127 Å². The fraction of sp³-hybridized carbons (Fsp3) is 0. The van der Waals surface area contributed by atoms with Gasteiger partial charge in [0, 0.05) is 64.6 Å². The van der Waals surface area contributed by atoms with Crippen molar-refractivity contribution in [2.45, 2.75) is 0 Å². The minimum Gasteiger partial charge on any atom is -0.454 e. The van der Waals surface area contributed by atoms with E-state index in [1.54, 1.807) is 0 Å². The van der Waals surface area contributed by atoms with Gasteiger partial charge in [0.1, 0.15) is 11.2 Å². The summed E-state index contributed by atoms with van der Waals surface area (Å²) >= 11 is 0. The second kappa shape index (κ2) is 10.1. The Hall–Kier alpha value is -8.08. The fourth-order valence-corrected chi connectivity index (χ4v) is 11.6. The maximum atomic E-state index is 7.02. The molecule has 0 spiro atoms. The first kappa shape index (κ1) is 30.1. The van der Waals surface area contributed by atoms with Crippen LogP contribution in [0, 0.1) is 0 Å². The smallest absolute Gasteiger partial charge is 0.160 e. The van der Waals surface area contributed by atoms with Crippen LogP contribution in [0.5, 0.6) is 0 Å². The molecule has 0 aliphatic carbocycles. The molecule has 0 fully saturated rings. The number of para-hydroxylation sites is 3. The largest absolute Gasteiger partial charge is 0.454 e. The van der Waals surface area contributed by atoms with E-state index in [0.717, 1.165) is 60.5 Å². The van der Waals surface area contributed by atoms with Crippen LogP contribution in [-0.4, -0.2) is 8.80 Å². The van der Waals surface area contributed by atoms with E-state index < -0.39 is 0 Å². The molecule has 16 aromatic rings. The lowest BCUT2D eigenvalue weighted by Gasteiger charge is -2.08. The molecule has 0 bridgehead atoms. The predicted molar refractivity (Wildman–Crippen MR) is 251 cm³/mol. The van der Waals surface area contributed by atoms with Crippen LogP contribution in [0.1, 0.15) is 0 Å². The molecule has 16 rings (SSSR count). The maximum absolute atomic E-state index is 7.02. The highest BCUT2D eigenvalue weighted by Gasteiger charge is 2.26. The Balaban J connectivity index is 0.961. The van der Waals surface area contributed by atoms with E-state index in [-0.39, 0.29) is 0 Å². The molecule has 0 atom stereocenters. The van der Waals surface area contributed by atoms with Crippen LogP contribution < -0.4 is 0 Å². The van der Waals surface area contributed by atoms with Gasteiger partial charge >= 0.3 is 0 Å². The van der Waals surface area contributed by atoms with Gasteiger partial charge in [0.2, 0.25) is 0 Å². The first-order valence-corrected chi connectivity index (χ1v) is 20.7. The number of aromatic nitrogens is 2. The van der Waals surface area contributed by atoms with Crippen molar-refractivity contribution in [1.29, 1.82) is 0 Å². The molecule has 0 amide bonds. The molecule has 60 heavy (non-hydrogen) atoms. The molecular weight excluding hydrogens is 733 g/mol. The van der Waals surface area contributed by atoms with Crippen LogP contribution in [0.2, 0.25) is 0 Å². The summed E-state index contributed by atoms with van der Waals surface area (Å²) in [6.07, 6.45) is 0. The van der Waals surface area contributed by atoms with Gasteiger partial charge in [0.05, 0.1) is 33.1 Å². The third kappa shape index (κ3) is 3.35. The molecule has 0 saturated heterocycles. The SMILES string of the molecule is c1ccc2c(c1)ccc1c2c2cccc3c4c5ccc(-c6cccc7oc8c(ccc9c%10cccc%11c%12ccc%13c%14ccccc%14oc%13c%12n(c%11%10)c98)c67)cc5ccc4n1c23. The normalized spacial score (nSPS) is 13.0. The summed E-state index contributed by atoms with van der Waals surface area (Å²) in [5, 5.41) is 19.6. The van der Waals surface area contributed by atoms with E-state index in [4.69, 9.17) is 8.83 Å². The van der Waals surface area contributed by atoms with Gasteiger partial charge in [0.25, 0.3) is 0 Å². The quantitative estimate of drug-likeness (QED) is 0.167. The first-order chi connectivity index (χ1) is 29.8. The lowest BCUT2D eigenvalue weighted by Crippen LogP contribution is -1.84. The molecule has 4 nitrogen and oxygen atoms in total. The zero-order chi connectivity index (χ0) is 38.5. The molecule has 0 N–H and O–H groups in total. The van der Waals surface area contributed by atoms with Gasteiger partial charge in [-0.25, -0.2) is 0 Å². The topological polar surface area (TPSA) is 35.1 Å². The summed E-state index contributed by atoms with van der Waals surface area (Å²) in [5.74, 6) is 0. The molecule has 4 heteroatoms. The van der Waals surface area contributed by atoms with Crippen LogP contribution in [0.4, 0.5) is 0 Å². The second-order valence-corrected chi connectivity index (χ2v) is 16.7. The van der Waals surface area contributed by atoms with Crippen molar-refractivity contribution < 1.29 is 8.83 Å². The summed E-state index contributed by atoms with van der Waals surface area (Å²) < 4.78 is 18.6. The van der Waals surface area contributed by atoms with Gasteiger partial charge < -0.3 is 17.6 Å². The Morgan fingerprint density at radius 1 is 0.300 bits per heavy atom. The molecule has 6 heterocycles. The summed E-state index contributed by atoms with van der Waals surface area (Å²) in [5.41, 5.74) is 13.1. The lowest BCUT2D eigenvalue weighted by atomic mass is 9.95. The second-order valence-electron chi connectivity index (χ2n) is 16.7. The minimum absolute atomic E-state index is 0.882. The maximum Gasteiger partial charge on any atom is 0.160 e. The standard InChI is InChI=1S/C56H28N2O2/c1-2-9-32-29(8-1)19-26-44-48(32)41-14-6-15-42-49-34-21-18-30(28-31(34)20-27-45(49)57(44)52(41)42)33-11-7-17-47-50(33)43-25-23-39-37-13-5-12-36-38-22-24-40-35-10-3-4-16-46(35)59-55(40)53(38)58(51(36)37)54(39)56(43)60-47/h1-28H. The van der Waals surface area contributed by atoms with Crippen molar-refractivity contribution in [2.24, 2.45) is 0 Å². The Morgan fingerprint density at radius 3 is 1.63 bits per heavy atom. The highest BCUT2D eigenvalue weighted by molar-refractivity contribution is 6.34. The van der Waals surface area contributed by atoms with Crippen molar-refractivity contribution in [2.75, 3.05) is 0 Å². The minimum atomic E-state index is 0.882. The average molecular weight is 761 g/mol. The number of rotatable bonds is 1. The van der Waals surface area contributed by atoms with E-state index in [0.29, 0.717) is 0 Å². The van der Waals surface area contributed by atoms with Crippen molar-refractivity contribution in [3.8, 4) is 11.1 Å². The first-order valence-electron chi connectivity index (χ1n) is 20.7. The van der Waals surface area contributed by atoms with Crippen LogP contribution >= 0.6 is 0 Å². The van der Waals surface area contributed by atoms with E-state index in [9.17, 15) is 0 Å². The predicted octanol–water partition coefficient (Wildman–Crippen LogP) is 15.8. The number of hydrogen-bond acceptors (Lipinski definition) is 2. The lowest BCUT2D eigenvalue weighted by molar-refractivity contribution is 0.670. The molecule has 6 aromatic heterocycles. The Labute approximate surface area is 338 Å². The number of nitrogens with zero attached hydrogens (tertiary/aromatic N) is 2. The number of fused-ring (bicyclic) bond motifs is 24. The van der Waals surface area contributed by atoms with Crippen LogP contribution in [-0.2, 0) is 0 Å². The van der Waals surface area contributed by atoms with Gasteiger partial charge in [-0.3, -0.25) is 0 Å². The van der Waals surface area contributed by atoms with Crippen LogP contribution in [0.3, 0.4) is 0 Å². The molecule has 0 saturated carbocycles. The zero-order valence-electron chi connectivity index (χ0n) is 31.9. The molecule has 274 valence electrons. The van der Waals surface area contributed by atoms with Crippen LogP contribution in [0.25, 0.3) is 153 Å².